The fourth-order valence-corrected chi connectivity index (χ4v) is 3.36. The third kappa shape index (κ3) is 5.66. The van der Waals surface area contributed by atoms with Crippen molar-refractivity contribution < 1.29 is 4.39 Å². The average Bonchev–Trinajstić information content (AvgIpc) is 2.71. The summed E-state index contributed by atoms with van der Waals surface area (Å²) in [5.41, 5.74) is 9.31. The molecule has 0 aromatic carbocycles. The number of nitrogens with zero attached hydrogens (tertiary/aromatic N) is 3. The molecule has 2 rings (SSSR count). The number of nitrogens with two attached hydrogens (primary N) is 1. The van der Waals surface area contributed by atoms with Gasteiger partial charge >= 0.3 is 0 Å². The summed E-state index contributed by atoms with van der Waals surface area (Å²) < 4.78 is 15.0. The van der Waals surface area contributed by atoms with E-state index in [0.717, 1.165) is 49.4 Å². The third-order valence-electron chi connectivity index (χ3n) is 5.15. The van der Waals surface area contributed by atoms with Gasteiger partial charge in [0.25, 0.3) is 0 Å². The van der Waals surface area contributed by atoms with Crippen molar-refractivity contribution in [2.45, 2.75) is 53.4 Å². The first kappa shape index (κ1) is 22.6. The van der Waals surface area contributed by atoms with Gasteiger partial charge in [-0.2, -0.15) is 0 Å². The number of allylic oxidation sites excluding steroid dienone is 7. The van der Waals surface area contributed by atoms with Gasteiger partial charge in [-0.1, -0.05) is 25.2 Å². The van der Waals surface area contributed by atoms with Crippen molar-refractivity contribution >= 4 is 17.5 Å². The predicted molar refractivity (Wildman–Crippen MR) is 122 cm³/mol. The second-order valence-corrected chi connectivity index (χ2v) is 7.38. The van der Waals surface area contributed by atoms with Gasteiger partial charge in [0.1, 0.15) is 11.6 Å². The van der Waals surface area contributed by atoms with Crippen LogP contribution in [0.4, 0.5) is 10.2 Å². The number of piperidine rings is 1. The van der Waals surface area contributed by atoms with Crippen LogP contribution in [0.25, 0.3) is 11.6 Å². The minimum Gasteiger partial charge on any atom is -0.405 e. The smallest absolute Gasteiger partial charge is 0.165 e. The minimum absolute atomic E-state index is 0.270. The van der Waals surface area contributed by atoms with Crippen LogP contribution in [-0.4, -0.2) is 23.1 Å². The molecule has 0 saturated carbocycles. The molecule has 156 valence electrons. The first-order chi connectivity index (χ1) is 13.9. The topological polar surface area (TPSA) is 55.0 Å². The molecule has 0 unspecified atom stereocenters. The van der Waals surface area contributed by atoms with Crippen LogP contribution in [0.15, 0.2) is 48.0 Å². The molecule has 0 aliphatic carbocycles. The molecule has 1 aromatic rings. The van der Waals surface area contributed by atoms with Crippen LogP contribution in [0.1, 0.15) is 63.5 Å². The average molecular weight is 397 g/mol. The summed E-state index contributed by atoms with van der Waals surface area (Å²) in [5.74, 6) is 0.788. The molecule has 1 aliphatic heterocycles. The molecule has 1 saturated heterocycles. The highest BCUT2D eigenvalue weighted by Crippen LogP contribution is 2.31. The fraction of sp³-hybridized carbons (Fsp3) is 0.417. The first-order valence-corrected chi connectivity index (χ1v) is 10.3. The SMILES string of the molecule is C=C(/C=C\N)/C(=C(F)\C=C/C)c1nc(/C=C(\C)CC)c(C)c(N2CCCCC2)n1. The van der Waals surface area contributed by atoms with Crippen LogP contribution in [0.5, 0.6) is 0 Å². The molecule has 1 fully saturated rings. The highest BCUT2D eigenvalue weighted by molar-refractivity contribution is 5.81. The molecule has 0 spiro atoms. The van der Waals surface area contributed by atoms with Crippen LogP contribution in [0.2, 0.25) is 0 Å². The van der Waals surface area contributed by atoms with Gasteiger partial charge in [0.2, 0.25) is 0 Å². The van der Waals surface area contributed by atoms with E-state index in [9.17, 15) is 0 Å². The number of hydrogen-bond donors (Lipinski definition) is 1. The highest BCUT2D eigenvalue weighted by Gasteiger charge is 2.21. The Morgan fingerprint density at radius 1 is 1.21 bits per heavy atom. The highest BCUT2D eigenvalue weighted by atomic mass is 19.1. The Kier molecular flexibility index (Phi) is 8.37. The Hall–Kier alpha value is -2.69. The molecule has 1 aliphatic rings. The molecule has 1 aromatic heterocycles. The normalized spacial score (nSPS) is 16.6. The Morgan fingerprint density at radius 3 is 2.48 bits per heavy atom. The molecule has 2 heterocycles. The van der Waals surface area contributed by atoms with Crippen LogP contribution in [-0.2, 0) is 0 Å². The molecule has 5 heteroatoms. The maximum Gasteiger partial charge on any atom is 0.165 e. The maximum absolute atomic E-state index is 15.0. The van der Waals surface area contributed by atoms with Gasteiger partial charge in [0.15, 0.2) is 5.82 Å². The van der Waals surface area contributed by atoms with E-state index < -0.39 is 5.83 Å². The standard InChI is InChI=1S/C24H33FN4/c1-6-11-20(25)22(18(4)12-13-26)23-27-21(16-17(3)7-2)19(5)24(28-23)29-14-9-8-10-15-29/h6,11-13,16H,4,7-10,14-15,26H2,1-3,5H3/b11-6-,13-12-,17-16+,22-20-. The summed E-state index contributed by atoms with van der Waals surface area (Å²) in [6.07, 6.45) is 12.5. The second-order valence-electron chi connectivity index (χ2n) is 7.38. The molecule has 0 bridgehead atoms. The fourth-order valence-electron chi connectivity index (χ4n) is 3.36. The number of aromatic nitrogens is 2. The number of hydrogen-bond acceptors (Lipinski definition) is 4. The van der Waals surface area contributed by atoms with Crippen molar-refractivity contribution in [2.75, 3.05) is 18.0 Å². The predicted octanol–water partition coefficient (Wildman–Crippen LogP) is 5.87. The molecule has 4 nitrogen and oxygen atoms in total. The van der Waals surface area contributed by atoms with Crippen LogP contribution < -0.4 is 10.6 Å². The summed E-state index contributed by atoms with van der Waals surface area (Å²) >= 11 is 0. The lowest BCUT2D eigenvalue weighted by atomic mass is 10.0. The zero-order valence-corrected chi connectivity index (χ0v) is 18.1. The lowest BCUT2D eigenvalue weighted by Crippen LogP contribution is -2.31. The van der Waals surface area contributed by atoms with Gasteiger partial charge in [-0.05, 0) is 76.5 Å². The van der Waals surface area contributed by atoms with Crippen LogP contribution in [0.3, 0.4) is 0 Å². The van der Waals surface area contributed by atoms with E-state index in [1.807, 2.05) is 6.92 Å². The van der Waals surface area contributed by atoms with E-state index in [4.69, 9.17) is 15.7 Å². The van der Waals surface area contributed by atoms with Crippen molar-refractivity contribution in [2.24, 2.45) is 5.73 Å². The number of rotatable bonds is 7. The Bertz CT molecular complexity index is 856. The minimum atomic E-state index is -0.425. The quantitative estimate of drug-likeness (QED) is 0.585. The molecular weight excluding hydrogens is 363 g/mol. The summed E-state index contributed by atoms with van der Waals surface area (Å²) in [6, 6.07) is 0. The van der Waals surface area contributed by atoms with Gasteiger partial charge in [0.05, 0.1) is 11.3 Å². The van der Waals surface area contributed by atoms with Gasteiger partial charge < -0.3 is 10.6 Å². The third-order valence-corrected chi connectivity index (χ3v) is 5.15. The van der Waals surface area contributed by atoms with E-state index in [1.165, 1.54) is 24.3 Å². The number of halogens is 1. The zero-order chi connectivity index (χ0) is 21.4. The lowest BCUT2D eigenvalue weighted by molar-refractivity contribution is 0.571. The van der Waals surface area contributed by atoms with Crippen molar-refractivity contribution in [3.63, 3.8) is 0 Å². The van der Waals surface area contributed by atoms with Crippen molar-refractivity contribution in [3.8, 4) is 0 Å². The Labute approximate surface area is 174 Å². The molecule has 0 atom stereocenters. The summed E-state index contributed by atoms with van der Waals surface area (Å²) in [7, 11) is 0. The molecule has 29 heavy (non-hydrogen) atoms. The lowest BCUT2D eigenvalue weighted by Gasteiger charge is -2.30. The van der Waals surface area contributed by atoms with Crippen molar-refractivity contribution in [3.05, 3.63) is 65.1 Å². The monoisotopic (exact) mass is 396 g/mol. The van der Waals surface area contributed by atoms with Crippen LogP contribution in [0, 0.1) is 6.92 Å². The summed E-state index contributed by atoms with van der Waals surface area (Å²) in [6.45, 7) is 13.9. The zero-order valence-electron chi connectivity index (χ0n) is 18.1. The largest absolute Gasteiger partial charge is 0.405 e. The molecule has 0 amide bonds. The van der Waals surface area contributed by atoms with Crippen molar-refractivity contribution in [1.82, 2.24) is 9.97 Å². The maximum atomic E-state index is 15.0. The van der Waals surface area contributed by atoms with Crippen molar-refractivity contribution in [1.29, 1.82) is 0 Å². The van der Waals surface area contributed by atoms with Gasteiger partial charge in [-0.3, -0.25) is 0 Å². The van der Waals surface area contributed by atoms with Crippen LogP contribution >= 0.6 is 0 Å². The van der Waals surface area contributed by atoms with Gasteiger partial charge in [-0.15, -0.1) is 0 Å². The van der Waals surface area contributed by atoms with E-state index in [1.54, 1.807) is 19.1 Å². The van der Waals surface area contributed by atoms with E-state index >= 15 is 4.39 Å². The van der Waals surface area contributed by atoms with Gasteiger partial charge in [0, 0.05) is 18.7 Å². The second kappa shape index (κ2) is 10.7. The molecular formula is C24H33FN4. The Balaban J connectivity index is 2.75. The molecule has 0 radical (unpaired) electrons. The van der Waals surface area contributed by atoms with E-state index in [2.05, 4.69) is 31.4 Å². The Morgan fingerprint density at radius 2 is 1.90 bits per heavy atom. The van der Waals surface area contributed by atoms with E-state index in [-0.39, 0.29) is 5.57 Å². The summed E-state index contributed by atoms with van der Waals surface area (Å²) in [4.78, 5) is 11.8. The van der Waals surface area contributed by atoms with E-state index in [0.29, 0.717) is 11.4 Å². The van der Waals surface area contributed by atoms with Gasteiger partial charge in [-0.25, -0.2) is 14.4 Å². The number of anilines is 1. The molecule has 2 N–H and O–H groups in total. The first-order valence-electron chi connectivity index (χ1n) is 10.3. The summed E-state index contributed by atoms with van der Waals surface area (Å²) in [5, 5.41) is 0.